The Labute approximate surface area is 133 Å². The number of tetrazole rings is 1. The van der Waals surface area contributed by atoms with Crippen molar-refractivity contribution in [2.45, 2.75) is 19.8 Å². The first kappa shape index (κ1) is 14.9. The Balaban J connectivity index is 1.55. The van der Waals surface area contributed by atoms with Gasteiger partial charge in [-0.2, -0.15) is 5.21 Å². The molecule has 0 saturated carbocycles. The molecular formula is C17H17N5O. The minimum Gasteiger partial charge on any atom is -0.326 e. The van der Waals surface area contributed by atoms with Gasteiger partial charge in [0.25, 0.3) is 0 Å². The second kappa shape index (κ2) is 6.83. The first-order valence-corrected chi connectivity index (χ1v) is 7.40. The quantitative estimate of drug-likeness (QED) is 0.759. The number of carbonyl (C=O) groups excluding carboxylic acids is 1. The number of amides is 1. The van der Waals surface area contributed by atoms with Crippen molar-refractivity contribution in [1.29, 1.82) is 0 Å². The highest BCUT2D eigenvalue weighted by Gasteiger charge is 2.05. The third kappa shape index (κ3) is 4.00. The Morgan fingerprint density at radius 1 is 1.17 bits per heavy atom. The number of hydrogen-bond donors (Lipinski definition) is 2. The molecule has 0 bridgehead atoms. The smallest absolute Gasteiger partial charge is 0.224 e. The molecule has 1 aromatic heterocycles. The number of anilines is 1. The van der Waals surface area contributed by atoms with Gasteiger partial charge < -0.3 is 5.32 Å². The minimum atomic E-state index is -0.00110. The van der Waals surface area contributed by atoms with Gasteiger partial charge in [-0.25, -0.2) is 0 Å². The predicted octanol–water partition coefficient (Wildman–Crippen LogP) is 2.75. The van der Waals surface area contributed by atoms with Gasteiger partial charge >= 0.3 is 0 Å². The number of hydrogen-bond acceptors (Lipinski definition) is 4. The average molecular weight is 307 g/mol. The molecule has 1 amide bonds. The molecule has 1 heterocycles. The summed E-state index contributed by atoms with van der Waals surface area (Å²) in [5.41, 5.74) is 3.98. The molecule has 0 aliphatic heterocycles. The van der Waals surface area contributed by atoms with Crippen molar-refractivity contribution >= 4 is 11.6 Å². The van der Waals surface area contributed by atoms with Crippen LogP contribution in [-0.2, 0) is 11.2 Å². The Hall–Kier alpha value is -3.02. The van der Waals surface area contributed by atoms with Crippen LogP contribution in [0.2, 0.25) is 0 Å². The van der Waals surface area contributed by atoms with Crippen LogP contribution in [0.5, 0.6) is 0 Å². The fourth-order valence-corrected chi connectivity index (χ4v) is 2.34. The Morgan fingerprint density at radius 2 is 2.00 bits per heavy atom. The van der Waals surface area contributed by atoms with Crippen LogP contribution in [0, 0.1) is 6.92 Å². The third-order valence-corrected chi connectivity index (χ3v) is 3.50. The Morgan fingerprint density at radius 3 is 2.70 bits per heavy atom. The van der Waals surface area contributed by atoms with Gasteiger partial charge in [0.15, 0.2) is 0 Å². The molecule has 0 atom stereocenters. The van der Waals surface area contributed by atoms with Crippen molar-refractivity contribution in [2.75, 3.05) is 5.32 Å². The number of carbonyl (C=O) groups is 1. The second-order valence-electron chi connectivity index (χ2n) is 5.35. The van der Waals surface area contributed by atoms with E-state index in [1.165, 1.54) is 11.1 Å². The van der Waals surface area contributed by atoms with E-state index in [9.17, 15) is 4.79 Å². The van der Waals surface area contributed by atoms with Crippen molar-refractivity contribution in [3.05, 3.63) is 59.7 Å². The number of H-pyrrole nitrogens is 1. The van der Waals surface area contributed by atoms with Crippen molar-refractivity contribution in [2.24, 2.45) is 0 Å². The zero-order valence-electron chi connectivity index (χ0n) is 12.8. The fourth-order valence-electron chi connectivity index (χ4n) is 2.34. The summed E-state index contributed by atoms with van der Waals surface area (Å²) in [5, 5.41) is 16.7. The molecule has 116 valence electrons. The first-order chi connectivity index (χ1) is 11.2. The van der Waals surface area contributed by atoms with Gasteiger partial charge in [0.05, 0.1) is 0 Å². The maximum absolute atomic E-state index is 12.0. The van der Waals surface area contributed by atoms with Gasteiger partial charge in [0.2, 0.25) is 11.7 Å². The van der Waals surface area contributed by atoms with Gasteiger partial charge in [-0.1, -0.05) is 29.8 Å². The Bertz CT molecular complexity index is 781. The number of nitrogens with zero attached hydrogens (tertiary/aromatic N) is 3. The summed E-state index contributed by atoms with van der Waals surface area (Å²) in [6.45, 7) is 2.05. The summed E-state index contributed by atoms with van der Waals surface area (Å²) in [6.07, 6.45) is 1.19. The van der Waals surface area contributed by atoms with E-state index >= 15 is 0 Å². The predicted molar refractivity (Wildman–Crippen MR) is 87.7 cm³/mol. The van der Waals surface area contributed by atoms with Crippen molar-refractivity contribution < 1.29 is 4.79 Å². The monoisotopic (exact) mass is 307 g/mol. The molecule has 2 N–H and O–H groups in total. The Kier molecular flexibility index (Phi) is 4.42. The van der Waals surface area contributed by atoms with Crippen LogP contribution in [-0.4, -0.2) is 26.5 Å². The highest BCUT2D eigenvalue weighted by Crippen LogP contribution is 2.17. The normalized spacial score (nSPS) is 10.5. The van der Waals surface area contributed by atoms with E-state index in [4.69, 9.17) is 0 Å². The van der Waals surface area contributed by atoms with Crippen LogP contribution < -0.4 is 5.32 Å². The lowest BCUT2D eigenvalue weighted by molar-refractivity contribution is -0.116. The fraction of sp³-hybridized carbons (Fsp3) is 0.176. The van der Waals surface area contributed by atoms with E-state index in [0.29, 0.717) is 12.2 Å². The van der Waals surface area contributed by atoms with Crippen molar-refractivity contribution in [1.82, 2.24) is 20.6 Å². The first-order valence-electron chi connectivity index (χ1n) is 7.40. The van der Waals surface area contributed by atoms with Gasteiger partial charge in [0, 0.05) is 17.7 Å². The summed E-state index contributed by atoms with van der Waals surface area (Å²) in [6, 6.07) is 15.6. The molecule has 6 heteroatoms. The van der Waals surface area contributed by atoms with Gasteiger partial charge in [-0.3, -0.25) is 4.79 Å². The zero-order valence-corrected chi connectivity index (χ0v) is 12.8. The molecule has 23 heavy (non-hydrogen) atoms. The number of aromatic nitrogens is 4. The standard InChI is InChI=1S/C17H17N5O/c1-12-3-2-4-13(11-12)5-10-16(23)18-15-8-6-14(7-9-15)17-19-21-22-20-17/h2-4,6-9,11H,5,10H2,1H3,(H,18,23)(H,19,20,21,22). The van der Waals surface area contributed by atoms with E-state index in [0.717, 1.165) is 17.7 Å². The maximum Gasteiger partial charge on any atom is 0.224 e. The summed E-state index contributed by atoms with van der Waals surface area (Å²) in [5.74, 6) is 0.529. The minimum absolute atomic E-state index is 0.00110. The molecule has 0 saturated heterocycles. The molecule has 6 nitrogen and oxygen atoms in total. The summed E-state index contributed by atoms with van der Waals surface area (Å²) >= 11 is 0. The average Bonchev–Trinajstić information content (AvgIpc) is 3.08. The molecule has 0 radical (unpaired) electrons. The summed E-state index contributed by atoms with van der Waals surface area (Å²) in [4.78, 5) is 12.0. The zero-order chi connectivity index (χ0) is 16.1. The van der Waals surface area contributed by atoms with Crippen LogP contribution in [0.25, 0.3) is 11.4 Å². The number of aryl methyl sites for hydroxylation is 2. The van der Waals surface area contributed by atoms with Crippen LogP contribution >= 0.6 is 0 Å². The lowest BCUT2D eigenvalue weighted by Crippen LogP contribution is -2.12. The van der Waals surface area contributed by atoms with E-state index in [1.54, 1.807) is 0 Å². The van der Waals surface area contributed by atoms with Gasteiger partial charge in [-0.15, -0.1) is 10.2 Å². The van der Waals surface area contributed by atoms with E-state index < -0.39 is 0 Å². The largest absolute Gasteiger partial charge is 0.326 e. The number of rotatable bonds is 5. The highest BCUT2D eigenvalue weighted by atomic mass is 16.1. The van der Waals surface area contributed by atoms with Gasteiger partial charge in [-0.05, 0) is 48.4 Å². The van der Waals surface area contributed by atoms with Crippen LogP contribution in [0.1, 0.15) is 17.5 Å². The molecule has 0 aliphatic rings. The number of aromatic amines is 1. The molecule has 2 aromatic carbocycles. The lowest BCUT2D eigenvalue weighted by atomic mass is 10.1. The molecule has 0 fully saturated rings. The van der Waals surface area contributed by atoms with E-state index in [-0.39, 0.29) is 5.91 Å². The SMILES string of the molecule is Cc1cccc(CCC(=O)Nc2ccc(-c3nn[nH]n3)cc2)c1. The van der Waals surface area contributed by atoms with Crippen LogP contribution in [0.15, 0.2) is 48.5 Å². The summed E-state index contributed by atoms with van der Waals surface area (Å²) in [7, 11) is 0. The molecule has 3 aromatic rings. The molecular weight excluding hydrogens is 290 g/mol. The molecule has 3 rings (SSSR count). The van der Waals surface area contributed by atoms with Gasteiger partial charge in [0.1, 0.15) is 0 Å². The number of benzene rings is 2. The highest BCUT2D eigenvalue weighted by molar-refractivity contribution is 5.91. The third-order valence-electron chi connectivity index (χ3n) is 3.50. The van der Waals surface area contributed by atoms with E-state index in [2.05, 4.69) is 45.0 Å². The van der Waals surface area contributed by atoms with Crippen molar-refractivity contribution in [3.8, 4) is 11.4 Å². The van der Waals surface area contributed by atoms with Crippen LogP contribution in [0.4, 0.5) is 5.69 Å². The molecule has 0 spiro atoms. The molecule has 0 aliphatic carbocycles. The van der Waals surface area contributed by atoms with Crippen molar-refractivity contribution in [3.63, 3.8) is 0 Å². The summed E-state index contributed by atoms with van der Waals surface area (Å²) < 4.78 is 0. The lowest BCUT2D eigenvalue weighted by Gasteiger charge is -2.06. The van der Waals surface area contributed by atoms with E-state index in [1.807, 2.05) is 36.4 Å². The second-order valence-corrected chi connectivity index (χ2v) is 5.35. The topological polar surface area (TPSA) is 83.6 Å². The maximum atomic E-state index is 12.0. The van der Waals surface area contributed by atoms with Crippen LogP contribution in [0.3, 0.4) is 0 Å². The molecule has 0 unspecified atom stereocenters. The number of nitrogens with one attached hydrogen (secondary N) is 2.